The molecule has 0 aromatic carbocycles. The third-order valence-corrected chi connectivity index (χ3v) is 6.00. The van der Waals surface area contributed by atoms with Gasteiger partial charge in [0, 0.05) is 10.9 Å². The molecule has 0 aliphatic rings. The van der Waals surface area contributed by atoms with Crippen molar-refractivity contribution in [3.8, 4) is 0 Å². The molecule has 144 valence electrons. The summed E-state index contributed by atoms with van der Waals surface area (Å²) in [5.41, 5.74) is 0.682. The first-order valence-electron chi connectivity index (χ1n) is 7.95. The number of amides is 1. The molecule has 0 aliphatic heterocycles. The van der Waals surface area contributed by atoms with E-state index < -0.39 is 23.9 Å². The Kier molecular flexibility index (Phi) is 6.06. The Bertz CT molecular complexity index is 887. The molecule has 26 heavy (non-hydrogen) atoms. The maximum absolute atomic E-state index is 12.9. The number of nitrogens with one attached hydrogen (secondary N) is 1. The molecule has 0 bridgehead atoms. The zero-order valence-electron chi connectivity index (χ0n) is 15.0. The lowest BCUT2D eigenvalue weighted by Gasteiger charge is -2.18. The summed E-state index contributed by atoms with van der Waals surface area (Å²) in [6.45, 7) is 7.51. The fourth-order valence-electron chi connectivity index (χ4n) is 2.37. The molecule has 1 atom stereocenters. The Labute approximate surface area is 157 Å². The lowest BCUT2D eigenvalue weighted by atomic mass is 10.2. The largest absolute Gasteiger partial charge is 0.405 e. The molecule has 2 aromatic heterocycles. The van der Waals surface area contributed by atoms with Crippen LogP contribution in [0.15, 0.2) is 9.95 Å². The molecule has 2 heterocycles. The van der Waals surface area contributed by atoms with Gasteiger partial charge in [0.05, 0.1) is 10.6 Å². The number of carbonyl (C=O) groups excluding carboxylic acids is 1. The molecule has 1 N–H and O–H groups in total. The van der Waals surface area contributed by atoms with Crippen molar-refractivity contribution in [2.24, 2.45) is 0 Å². The van der Waals surface area contributed by atoms with E-state index in [-0.39, 0.29) is 11.6 Å². The Morgan fingerprint density at radius 3 is 2.46 bits per heavy atom. The fraction of sp³-hybridized carbons (Fsp3) is 0.562. The van der Waals surface area contributed by atoms with Crippen LogP contribution in [0.25, 0.3) is 10.2 Å². The van der Waals surface area contributed by atoms with Gasteiger partial charge in [0.1, 0.15) is 11.4 Å². The van der Waals surface area contributed by atoms with Crippen LogP contribution in [0.1, 0.15) is 37.3 Å². The van der Waals surface area contributed by atoms with Crippen LogP contribution in [0.2, 0.25) is 0 Å². The summed E-state index contributed by atoms with van der Waals surface area (Å²) in [5.74, 6) is -0.754. The highest BCUT2D eigenvalue weighted by Gasteiger charge is 2.29. The number of thiophene rings is 1. The van der Waals surface area contributed by atoms with E-state index in [4.69, 9.17) is 0 Å². The number of carbonyl (C=O) groups is 1. The van der Waals surface area contributed by atoms with Crippen molar-refractivity contribution in [3.63, 3.8) is 0 Å². The number of rotatable bonds is 5. The van der Waals surface area contributed by atoms with Crippen molar-refractivity contribution in [3.05, 3.63) is 20.8 Å². The van der Waals surface area contributed by atoms with Gasteiger partial charge >= 0.3 is 6.18 Å². The molecule has 0 aliphatic carbocycles. The number of aryl methyl sites for hydroxylation is 2. The molecular weight excluding hydrogens is 387 g/mol. The Hall–Kier alpha value is -1.55. The highest BCUT2D eigenvalue weighted by molar-refractivity contribution is 8.00. The molecule has 0 spiro atoms. The molecule has 1 unspecified atom stereocenters. The molecule has 5 nitrogen and oxygen atoms in total. The highest BCUT2D eigenvalue weighted by atomic mass is 32.2. The number of alkyl halides is 3. The van der Waals surface area contributed by atoms with Gasteiger partial charge in [-0.05, 0) is 40.2 Å². The molecule has 2 aromatic rings. The third-order valence-electron chi connectivity index (χ3n) is 3.83. The van der Waals surface area contributed by atoms with E-state index in [1.807, 2.05) is 33.0 Å². The summed E-state index contributed by atoms with van der Waals surface area (Å²) in [7, 11) is 0. The van der Waals surface area contributed by atoms with Gasteiger partial charge in [-0.3, -0.25) is 14.2 Å². The number of thioether (sulfide) groups is 1. The van der Waals surface area contributed by atoms with Crippen LogP contribution in [0.3, 0.4) is 0 Å². The average molecular weight is 407 g/mol. The number of aromatic nitrogens is 2. The first-order valence-corrected chi connectivity index (χ1v) is 9.65. The predicted octanol–water partition coefficient (Wildman–Crippen LogP) is 3.81. The number of halogens is 3. The van der Waals surface area contributed by atoms with E-state index >= 15 is 0 Å². The summed E-state index contributed by atoms with van der Waals surface area (Å²) in [5, 5.41) is 1.92. The maximum Gasteiger partial charge on any atom is 0.405 e. The number of fused-ring (bicyclic) bond motifs is 1. The van der Waals surface area contributed by atoms with Gasteiger partial charge in [0.2, 0.25) is 5.91 Å². The molecule has 1 amide bonds. The second kappa shape index (κ2) is 7.59. The van der Waals surface area contributed by atoms with Crippen molar-refractivity contribution >= 4 is 39.2 Å². The zero-order chi connectivity index (χ0) is 19.8. The average Bonchev–Trinajstić information content (AvgIpc) is 2.78. The summed E-state index contributed by atoms with van der Waals surface area (Å²) in [4.78, 5) is 30.9. The van der Waals surface area contributed by atoms with Gasteiger partial charge in [-0.2, -0.15) is 13.2 Å². The molecule has 2 rings (SSSR count). The summed E-state index contributed by atoms with van der Waals surface area (Å²) < 4.78 is 38.3. The molecule has 0 radical (unpaired) electrons. The minimum atomic E-state index is -4.47. The molecule has 0 saturated heterocycles. The monoisotopic (exact) mass is 407 g/mol. The van der Waals surface area contributed by atoms with Crippen LogP contribution in [0.5, 0.6) is 0 Å². The number of nitrogens with zero attached hydrogens (tertiary/aromatic N) is 2. The fourth-order valence-corrected chi connectivity index (χ4v) is 4.50. The highest BCUT2D eigenvalue weighted by Crippen LogP contribution is 2.30. The zero-order valence-corrected chi connectivity index (χ0v) is 16.7. The predicted molar refractivity (Wildman–Crippen MR) is 98.1 cm³/mol. The normalized spacial score (nSPS) is 13.4. The van der Waals surface area contributed by atoms with E-state index in [1.165, 1.54) is 22.8 Å². The Morgan fingerprint density at radius 1 is 1.31 bits per heavy atom. The SMILES string of the molecule is Cc1sc2nc(SC(C)C(=O)NCC(F)(F)F)n(C(C)C)c(=O)c2c1C. The van der Waals surface area contributed by atoms with Crippen molar-refractivity contribution in [2.45, 2.75) is 57.2 Å². The van der Waals surface area contributed by atoms with Crippen LogP contribution < -0.4 is 10.9 Å². The first-order chi connectivity index (χ1) is 11.9. The van der Waals surface area contributed by atoms with Crippen LogP contribution in [0, 0.1) is 13.8 Å². The molecule has 0 fully saturated rings. The summed E-state index contributed by atoms with van der Waals surface area (Å²) in [6.07, 6.45) is -4.47. The van der Waals surface area contributed by atoms with Crippen molar-refractivity contribution < 1.29 is 18.0 Å². The first kappa shape index (κ1) is 20.8. The second-order valence-electron chi connectivity index (χ2n) is 6.22. The maximum atomic E-state index is 12.9. The van der Waals surface area contributed by atoms with Crippen LogP contribution >= 0.6 is 23.1 Å². The number of hydrogen-bond donors (Lipinski definition) is 1. The van der Waals surface area contributed by atoms with E-state index in [0.717, 1.165) is 22.2 Å². The second-order valence-corrected chi connectivity index (χ2v) is 8.73. The topological polar surface area (TPSA) is 64.0 Å². The van der Waals surface area contributed by atoms with E-state index in [0.29, 0.717) is 15.4 Å². The Morgan fingerprint density at radius 2 is 1.92 bits per heavy atom. The van der Waals surface area contributed by atoms with Gasteiger partial charge in [0.25, 0.3) is 5.56 Å². The molecule has 0 saturated carbocycles. The molecular formula is C16H20F3N3O2S2. The summed E-state index contributed by atoms with van der Waals surface area (Å²) in [6, 6.07) is -0.202. The minimum absolute atomic E-state index is 0.197. The van der Waals surface area contributed by atoms with Crippen LogP contribution in [-0.4, -0.2) is 33.4 Å². The van der Waals surface area contributed by atoms with Gasteiger partial charge in [-0.25, -0.2) is 4.98 Å². The van der Waals surface area contributed by atoms with E-state index in [2.05, 4.69) is 4.98 Å². The van der Waals surface area contributed by atoms with Crippen LogP contribution in [0.4, 0.5) is 13.2 Å². The van der Waals surface area contributed by atoms with Crippen LogP contribution in [-0.2, 0) is 4.79 Å². The van der Waals surface area contributed by atoms with Gasteiger partial charge < -0.3 is 5.32 Å². The van der Waals surface area contributed by atoms with Gasteiger partial charge in [-0.15, -0.1) is 11.3 Å². The Balaban J connectivity index is 2.38. The van der Waals surface area contributed by atoms with E-state index in [1.54, 1.807) is 0 Å². The number of hydrogen-bond acceptors (Lipinski definition) is 5. The lowest BCUT2D eigenvalue weighted by molar-refractivity contribution is -0.137. The van der Waals surface area contributed by atoms with Crippen molar-refractivity contribution in [2.75, 3.05) is 6.54 Å². The third kappa shape index (κ3) is 4.40. The van der Waals surface area contributed by atoms with Gasteiger partial charge in [0.15, 0.2) is 5.16 Å². The molecule has 10 heteroatoms. The van der Waals surface area contributed by atoms with Gasteiger partial charge in [-0.1, -0.05) is 11.8 Å². The van der Waals surface area contributed by atoms with Crippen molar-refractivity contribution in [1.82, 2.24) is 14.9 Å². The smallest absolute Gasteiger partial charge is 0.346 e. The lowest BCUT2D eigenvalue weighted by Crippen LogP contribution is -2.38. The quantitative estimate of drug-likeness (QED) is 0.605. The summed E-state index contributed by atoms with van der Waals surface area (Å²) >= 11 is 2.37. The van der Waals surface area contributed by atoms with Crippen molar-refractivity contribution in [1.29, 1.82) is 0 Å². The van der Waals surface area contributed by atoms with E-state index in [9.17, 15) is 22.8 Å². The minimum Gasteiger partial charge on any atom is -0.346 e. The standard InChI is InChI=1S/C16H20F3N3O2S2/c1-7(2)22-14(24)11-8(3)9(4)25-13(11)21-15(22)26-10(5)12(23)20-6-16(17,18)19/h7,10H,6H2,1-5H3,(H,20,23).